The summed E-state index contributed by atoms with van der Waals surface area (Å²) in [5.41, 5.74) is 1.10. The Morgan fingerprint density at radius 1 is 1.58 bits per heavy atom. The summed E-state index contributed by atoms with van der Waals surface area (Å²) in [7, 11) is 0. The van der Waals surface area contributed by atoms with Gasteiger partial charge in [0, 0.05) is 1.37 Å². The maximum Gasteiger partial charge on any atom is 0.0575 e. The Kier molecular flexibility index (Phi) is 5.79. The molecule has 0 aliphatic rings. The van der Waals surface area contributed by atoms with Crippen molar-refractivity contribution in [3.05, 3.63) is 24.3 Å². The van der Waals surface area contributed by atoms with E-state index < -0.39 is 0 Å². The van der Waals surface area contributed by atoms with E-state index in [1.165, 1.54) is 12.8 Å². The minimum absolute atomic E-state index is 0.388. The Morgan fingerprint density at radius 3 is 3.00 bits per heavy atom. The highest BCUT2D eigenvalue weighted by Crippen LogP contribution is 2.10. The third-order valence-electron chi connectivity index (χ3n) is 1.85. The van der Waals surface area contributed by atoms with Crippen molar-refractivity contribution in [1.82, 2.24) is 0 Å². The third-order valence-corrected chi connectivity index (χ3v) is 1.85. The Balaban J connectivity index is 4.08. The molecule has 0 atom stereocenters. The topological polar surface area (TPSA) is 0 Å². The summed E-state index contributed by atoms with van der Waals surface area (Å²) in [4.78, 5) is 0. The lowest BCUT2D eigenvalue weighted by Crippen LogP contribution is -1.79. The van der Waals surface area contributed by atoms with Crippen molar-refractivity contribution in [2.45, 2.75) is 52.3 Å². The zero-order valence-electron chi connectivity index (χ0n) is 10.2. The lowest BCUT2D eigenvalue weighted by atomic mass is 10.1. The first kappa shape index (κ1) is 8.10. The highest BCUT2D eigenvalue weighted by molar-refractivity contribution is 5.05. The Morgan fingerprint density at radius 2 is 2.42 bits per heavy atom. The number of unbranched alkanes of at least 4 members (excludes halogenated alkanes) is 2. The molecule has 0 heterocycles. The molecule has 0 bridgehead atoms. The van der Waals surface area contributed by atoms with Crippen LogP contribution >= 0.6 is 0 Å². The zero-order valence-corrected chi connectivity index (χ0v) is 8.23. The summed E-state index contributed by atoms with van der Waals surface area (Å²) in [5.74, 6) is 0. The minimum atomic E-state index is 0.388. The highest BCUT2D eigenvalue weighted by atomic mass is 14.0. The van der Waals surface area contributed by atoms with E-state index in [4.69, 9.17) is 2.74 Å². The van der Waals surface area contributed by atoms with Crippen LogP contribution in [0.2, 0.25) is 0 Å². The van der Waals surface area contributed by atoms with Crippen LogP contribution in [0.4, 0.5) is 0 Å². The minimum Gasteiger partial charge on any atom is -0.103 e. The van der Waals surface area contributed by atoms with Crippen molar-refractivity contribution in [3.8, 4) is 0 Å². The molecule has 0 aliphatic carbocycles. The molecule has 0 aromatic rings. The molecule has 0 radical (unpaired) electrons. The Labute approximate surface area is 80.2 Å². The molecule has 0 fully saturated rings. The van der Waals surface area contributed by atoms with Crippen LogP contribution in [-0.2, 0) is 0 Å². The molecule has 70 valence electrons. The lowest BCUT2D eigenvalue weighted by Gasteiger charge is -2.00. The fraction of sp³-hybridized carbons (Fsp3) is 0.667. The van der Waals surface area contributed by atoms with Gasteiger partial charge >= 0.3 is 0 Å². The maximum absolute atomic E-state index is 7.86. The second-order valence-corrected chi connectivity index (χ2v) is 2.98. The standard InChI is InChI=1S/C12H22/c1-4-7-8-9-11-12(6-3)10-5-2/h5,11H,2,4,6-10H2,1,3H3/b12-11-/i3D,11D. The molecule has 0 unspecified atom stereocenters. The van der Waals surface area contributed by atoms with E-state index in [9.17, 15) is 0 Å². The van der Waals surface area contributed by atoms with Crippen molar-refractivity contribution >= 4 is 0 Å². The summed E-state index contributed by atoms with van der Waals surface area (Å²) < 4.78 is 15.0. The van der Waals surface area contributed by atoms with Crippen molar-refractivity contribution < 1.29 is 2.74 Å². The fourth-order valence-corrected chi connectivity index (χ4v) is 1.08. The van der Waals surface area contributed by atoms with E-state index in [1.54, 1.807) is 0 Å². The maximum atomic E-state index is 7.86. The van der Waals surface area contributed by atoms with Crippen LogP contribution in [0.5, 0.6) is 0 Å². The van der Waals surface area contributed by atoms with Gasteiger partial charge in [0.2, 0.25) is 0 Å². The van der Waals surface area contributed by atoms with Crippen LogP contribution in [0.15, 0.2) is 24.3 Å². The molecule has 0 amide bonds. The van der Waals surface area contributed by atoms with Crippen LogP contribution in [-0.4, -0.2) is 0 Å². The van der Waals surface area contributed by atoms with Crippen LogP contribution in [0.1, 0.15) is 55.1 Å². The smallest absolute Gasteiger partial charge is 0.0575 e. The summed E-state index contributed by atoms with van der Waals surface area (Å²) >= 11 is 0. The Bertz CT molecular complexity index is 183. The number of allylic oxidation sites excluding steroid dienone is 3. The summed E-state index contributed by atoms with van der Waals surface area (Å²) in [5, 5.41) is 0. The second-order valence-electron chi connectivity index (χ2n) is 2.98. The molecular weight excluding hydrogens is 144 g/mol. The third kappa shape index (κ3) is 6.21. The van der Waals surface area contributed by atoms with Crippen LogP contribution in [0, 0.1) is 0 Å². The predicted octanol–water partition coefficient (Wildman–Crippen LogP) is 4.48. The largest absolute Gasteiger partial charge is 0.103 e. The first-order chi connectivity index (χ1) is 6.76. The van der Waals surface area contributed by atoms with Gasteiger partial charge in [0.25, 0.3) is 0 Å². The molecular formula is C12H22. The summed E-state index contributed by atoms with van der Waals surface area (Å²) in [6, 6.07) is 0.741. The monoisotopic (exact) mass is 168 g/mol. The van der Waals surface area contributed by atoms with E-state index in [2.05, 4.69) is 13.5 Å². The summed E-state index contributed by atoms with van der Waals surface area (Å²) in [6.07, 6.45) is 7.72. The van der Waals surface area contributed by atoms with Gasteiger partial charge in [-0.3, -0.25) is 0 Å². The van der Waals surface area contributed by atoms with Gasteiger partial charge < -0.3 is 0 Å². The molecule has 0 aromatic carbocycles. The molecule has 0 spiro atoms. The predicted molar refractivity (Wildman–Crippen MR) is 57.3 cm³/mol. The van der Waals surface area contributed by atoms with Gasteiger partial charge in [0.15, 0.2) is 0 Å². The number of rotatable bonds is 7. The molecule has 0 N–H and O–H groups in total. The van der Waals surface area contributed by atoms with Gasteiger partial charge in [-0.1, -0.05) is 44.4 Å². The first-order valence-corrected chi connectivity index (χ1v) is 4.83. The van der Waals surface area contributed by atoms with E-state index >= 15 is 0 Å². The van der Waals surface area contributed by atoms with Gasteiger partial charge in [0.1, 0.15) is 0 Å². The second kappa shape index (κ2) is 8.58. The van der Waals surface area contributed by atoms with E-state index in [1.807, 2.05) is 6.08 Å². The van der Waals surface area contributed by atoms with Gasteiger partial charge in [0.05, 0.1) is 1.37 Å². The average Bonchev–Trinajstić information content (AvgIpc) is 2.18. The molecule has 0 saturated heterocycles. The molecule has 12 heavy (non-hydrogen) atoms. The molecule has 0 rings (SSSR count). The quantitative estimate of drug-likeness (QED) is 0.388. The number of hydrogen-bond donors (Lipinski definition) is 0. The lowest BCUT2D eigenvalue weighted by molar-refractivity contribution is 0.725. The van der Waals surface area contributed by atoms with E-state index in [-0.39, 0.29) is 0 Å². The van der Waals surface area contributed by atoms with E-state index in [0.29, 0.717) is 6.90 Å². The summed E-state index contributed by atoms with van der Waals surface area (Å²) in [6.45, 7) is 6.24. The molecule has 0 aliphatic heterocycles. The van der Waals surface area contributed by atoms with Crippen LogP contribution in [0.3, 0.4) is 0 Å². The SMILES string of the molecule is [2H]CC/C(CC=C)=C(\[2H])CCCCC. The van der Waals surface area contributed by atoms with E-state index in [0.717, 1.165) is 37.3 Å². The first-order valence-electron chi connectivity index (χ1n) is 6.04. The zero-order chi connectivity index (χ0) is 10.8. The van der Waals surface area contributed by atoms with Crippen molar-refractivity contribution in [3.63, 3.8) is 0 Å². The molecule has 0 saturated carbocycles. The van der Waals surface area contributed by atoms with Gasteiger partial charge in [-0.05, 0) is 25.7 Å². The van der Waals surface area contributed by atoms with Gasteiger partial charge in [-0.15, -0.1) is 6.58 Å². The molecule has 0 heteroatoms. The van der Waals surface area contributed by atoms with Crippen molar-refractivity contribution in [2.75, 3.05) is 0 Å². The van der Waals surface area contributed by atoms with Crippen molar-refractivity contribution in [2.24, 2.45) is 0 Å². The van der Waals surface area contributed by atoms with Crippen LogP contribution in [0.25, 0.3) is 0 Å². The molecule has 0 aromatic heterocycles. The van der Waals surface area contributed by atoms with Crippen molar-refractivity contribution in [1.29, 1.82) is 0 Å². The van der Waals surface area contributed by atoms with Crippen LogP contribution < -0.4 is 0 Å². The Hall–Kier alpha value is -0.520. The number of hydrogen-bond acceptors (Lipinski definition) is 0. The normalized spacial score (nSPS) is 14.8. The molecule has 0 nitrogen and oxygen atoms in total. The highest BCUT2D eigenvalue weighted by Gasteiger charge is 1.90. The fourth-order valence-electron chi connectivity index (χ4n) is 1.08. The average molecular weight is 168 g/mol. The van der Waals surface area contributed by atoms with Gasteiger partial charge in [-0.25, -0.2) is 0 Å². The van der Waals surface area contributed by atoms with Gasteiger partial charge in [-0.2, -0.15) is 0 Å².